The predicted octanol–water partition coefficient (Wildman–Crippen LogP) is 3.68. The first-order chi connectivity index (χ1) is 9.08. The summed E-state index contributed by atoms with van der Waals surface area (Å²) in [6.45, 7) is 4.09. The van der Waals surface area contributed by atoms with Crippen molar-refractivity contribution >= 4 is 23.1 Å². The summed E-state index contributed by atoms with van der Waals surface area (Å²) in [6.07, 6.45) is 3.31. The van der Waals surface area contributed by atoms with E-state index in [0.29, 0.717) is 5.69 Å². The lowest BCUT2D eigenvalue weighted by molar-refractivity contribution is 0.209. The molecule has 0 aromatic carbocycles. The van der Waals surface area contributed by atoms with E-state index >= 15 is 0 Å². The lowest BCUT2D eigenvalue weighted by Gasteiger charge is -2.24. The molecule has 0 saturated heterocycles. The van der Waals surface area contributed by atoms with Gasteiger partial charge in [-0.3, -0.25) is 4.98 Å². The minimum atomic E-state index is -0.133. The predicted molar refractivity (Wildman–Crippen MR) is 78.5 cm³/mol. The number of pyridine rings is 1. The van der Waals surface area contributed by atoms with Gasteiger partial charge < -0.3 is 10.2 Å². The molecule has 0 fully saturated rings. The van der Waals surface area contributed by atoms with Crippen LogP contribution in [0.2, 0.25) is 0 Å². The Hall–Kier alpha value is -1.88. The van der Waals surface area contributed by atoms with Crippen LogP contribution >= 0.6 is 11.3 Å². The Labute approximate surface area is 117 Å². The van der Waals surface area contributed by atoms with Gasteiger partial charge in [-0.05, 0) is 38.1 Å². The Balaban J connectivity index is 2.03. The molecule has 100 valence electrons. The zero-order valence-corrected chi connectivity index (χ0v) is 12.1. The van der Waals surface area contributed by atoms with Crippen molar-refractivity contribution in [3.05, 3.63) is 46.4 Å². The lowest BCUT2D eigenvalue weighted by atomic mass is 10.2. The molecule has 1 unspecified atom stereocenters. The fourth-order valence-corrected chi connectivity index (χ4v) is 2.67. The molecule has 2 aromatic heterocycles. The second kappa shape index (κ2) is 5.84. The summed E-state index contributed by atoms with van der Waals surface area (Å²) < 4.78 is 0. The highest BCUT2D eigenvalue weighted by atomic mass is 32.1. The largest absolute Gasteiger partial charge is 0.322 e. The maximum absolute atomic E-state index is 12.1. The molecule has 0 aliphatic carbocycles. The molecule has 19 heavy (non-hydrogen) atoms. The van der Waals surface area contributed by atoms with E-state index in [9.17, 15) is 4.79 Å². The standard InChI is InChI=1S/C14H17N3OS/c1-10-6-7-13(19-10)11(2)17(3)14(18)16-12-5-4-8-15-9-12/h4-9,11H,1-3H3,(H,16,18). The Bertz CT molecular complexity index is 553. The highest BCUT2D eigenvalue weighted by Gasteiger charge is 2.18. The van der Waals surface area contributed by atoms with Crippen molar-refractivity contribution in [2.24, 2.45) is 0 Å². The summed E-state index contributed by atoms with van der Waals surface area (Å²) in [6, 6.07) is 7.67. The van der Waals surface area contributed by atoms with Gasteiger partial charge in [0.2, 0.25) is 0 Å². The molecular formula is C14H17N3OS. The van der Waals surface area contributed by atoms with E-state index in [1.807, 2.05) is 13.0 Å². The van der Waals surface area contributed by atoms with E-state index in [1.165, 1.54) is 9.75 Å². The van der Waals surface area contributed by atoms with Crippen molar-refractivity contribution < 1.29 is 4.79 Å². The van der Waals surface area contributed by atoms with E-state index in [2.05, 4.69) is 29.4 Å². The third kappa shape index (κ3) is 3.32. The number of aryl methyl sites for hydroxylation is 1. The summed E-state index contributed by atoms with van der Waals surface area (Å²) in [7, 11) is 1.80. The van der Waals surface area contributed by atoms with Crippen molar-refractivity contribution in [3.63, 3.8) is 0 Å². The number of hydrogen-bond acceptors (Lipinski definition) is 3. The van der Waals surface area contributed by atoms with Crippen LogP contribution in [-0.4, -0.2) is 23.0 Å². The van der Waals surface area contributed by atoms with Gasteiger partial charge in [0.15, 0.2) is 0 Å². The summed E-state index contributed by atoms with van der Waals surface area (Å²) in [4.78, 5) is 20.2. The second-order valence-electron chi connectivity index (χ2n) is 4.41. The molecule has 0 spiro atoms. The lowest BCUT2D eigenvalue weighted by Crippen LogP contribution is -2.33. The number of anilines is 1. The molecule has 0 radical (unpaired) electrons. The van der Waals surface area contributed by atoms with Gasteiger partial charge in [0.05, 0.1) is 17.9 Å². The molecule has 4 nitrogen and oxygen atoms in total. The van der Waals surface area contributed by atoms with Gasteiger partial charge in [-0.15, -0.1) is 11.3 Å². The Morgan fingerprint density at radius 1 is 1.42 bits per heavy atom. The van der Waals surface area contributed by atoms with Crippen LogP contribution in [0.25, 0.3) is 0 Å². The Morgan fingerprint density at radius 3 is 2.79 bits per heavy atom. The van der Waals surface area contributed by atoms with Gasteiger partial charge in [-0.2, -0.15) is 0 Å². The molecule has 1 atom stereocenters. The first kappa shape index (κ1) is 13.5. The van der Waals surface area contributed by atoms with Crippen LogP contribution in [0.1, 0.15) is 22.7 Å². The highest BCUT2D eigenvalue weighted by molar-refractivity contribution is 7.12. The van der Waals surface area contributed by atoms with Crippen LogP contribution in [0, 0.1) is 6.92 Å². The minimum Gasteiger partial charge on any atom is -0.320 e. The van der Waals surface area contributed by atoms with Crippen molar-refractivity contribution in [3.8, 4) is 0 Å². The van der Waals surface area contributed by atoms with Crippen molar-refractivity contribution in [1.29, 1.82) is 0 Å². The summed E-state index contributed by atoms with van der Waals surface area (Å²) in [5.74, 6) is 0. The quantitative estimate of drug-likeness (QED) is 0.928. The average molecular weight is 275 g/mol. The molecule has 2 heterocycles. The zero-order valence-electron chi connectivity index (χ0n) is 11.3. The normalized spacial score (nSPS) is 11.9. The number of nitrogens with one attached hydrogen (secondary N) is 1. The maximum atomic E-state index is 12.1. The van der Waals surface area contributed by atoms with Crippen LogP contribution in [0.15, 0.2) is 36.7 Å². The first-order valence-electron chi connectivity index (χ1n) is 6.08. The van der Waals surface area contributed by atoms with Crippen molar-refractivity contribution in [2.45, 2.75) is 19.9 Å². The van der Waals surface area contributed by atoms with E-state index in [-0.39, 0.29) is 12.1 Å². The summed E-state index contributed by atoms with van der Waals surface area (Å²) in [5, 5.41) is 2.83. The van der Waals surface area contributed by atoms with Gasteiger partial charge in [0.1, 0.15) is 0 Å². The van der Waals surface area contributed by atoms with Crippen LogP contribution in [0.5, 0.6) is 0 Å². The number of amides is 2. The second-order valence-corrected chi connectivity index (χ2v) is 5.73. The molecule has 2 amide bonds. The number of carbonyl (C=O) groups is 1. The molecule has 0 bridgehead atoms. The van der Waals surface area contributed by atoms with Crippen LogP contribution in [-0.2, 0) is 0 Å². The number of urea groups is 1. The molecule has 5 heteroatoms. The molecule has 0 aliphatic rings. The fraction of sp³-hybridized carbons (Fsp3) is 0.286. The monoisotopic (exact) mass is 275 g/mol. The van der Waals surface area contributed by atoms with Crippen LogP contribution in [0.4, 0.5) is 10.5 Å². The van der Waals surface area contributed by atoms with Crippen molar-refractivity contribution in [1.82, 2.24) is 9.88 Å². The smallest absolute Gasteiger partial charge is 0.320 e. The average Bonchev–Trinajstić information content (AvgIpc) is 2.85. The number of nitrogens with zero attached hydrogens (tertiary/aromatic N) is 2. The van der Waals surface area contributed by atoms with E-state index in [0.717, 1.165) is 0 Å². The molecule has 2 aromatic rings. The number of rotatable bonds is 3. The van der Waals surface area contributed by atoms with Gasteiger partial charge in [0.25, 0.3) is 0 Å². The first-order valence-corrected chi connectivity index (χ1v) is 6.90. The molecule has 0 aliphatic heterocycles. The third-order valence-electron chi connectivity index (χ3n) is 2.99. The van der Waals surface area contributed by atoms with E-state index in [4.69, 9.17) is 0 Å². The van der Waals surface area contributed by atoms with Gasteiger partial charge >= 0.3 is 6.03 Å². The number of thiophene rings is 1. The number of carbonyl (C=O) groups excluding carboxylic acids is 1. The van der Waals surface area contributed by atoms with Gasteiger partial charge in [-0.1, -0.05) is 0 Å². The van der Waals surface area contributed by atoms with E-state index < -0.39 is 0 Å². The Kier molecular flexibility index (Phi) is 4.16. The number of hydrogen-bond donors (Lipinski definition) is 1. The van der Waals surface area contributed by atoms with E-state index in [1.54, 1.807) is 41.7 Å². The number of aromatic nitrogens is 1. The third-order valence-corrected chi connectivity index (χ3v) is 4.16. The Morgan fingerprint density at radius 2 is 2.21 bits per heavy atom. The van der Waals surface area contributed by atoms with Crippen LogP contribution in [0.3, 0.4) is 0 Å². The highest BCUT2D eigenvalue weighted by Crippen LogP contribution is 2.26. The molecular weight excluding hydrogens is 258 g/mol. The maximum Gasteiger partial charge on any atom is 0.322 e. The SMILES string of the molecule is Cc1ccc(C(C)N(C)C(=O)Nc2cccnc2)s1. The van der Waals surface area contributed by atoms with Gasteiger partial charge in [-0.25, -0.2) is 4.79 Å². The molecule has 2 rings (SSSR count). The zero-order chi connectivity index (χ0) is 13.8. The molecule has 1 N–H and O–H groups in total. The van der Waals surface area contributed by atoms with Gasteiger partial charge in [0, 0.05) is 23.0 Å². The fourth-order valence-electron chi connectivity index (χ4n) is 1.69. The van der Waals surface area contributed by atoms with Crippen LogP contribution < -0.4 is 5.32 Å². The van der Waals surface area contributed by atoms with Crippen molar-refractivity contribution in [2.75, 3.05) is 12.4 Å². The minimum absolute atomic E-state index is 0.0513. The summed E-state index contributed by atoms with van der Waals surface area (Å²) >= 11 is 1.71. The summed E-state index contributed by atoms with van der Waals surface area (Å²) in [5.41, 5.74) is 0.703. The topological polar surface area (TPSA) is 45.2 Å². The molecule has 0 saturated carbocycles.